The maximum absolute atomic E-state index is 6.98. The number of hydrogen-bond acceptors (Lipinski definition) is 2. The quantitative estimate of drug-likeness (QED) is 0.161. The van der Waals surface area contributed by atoms with Crippen molar-refractivity contribution in [2.75, 3.05) is 0 Å². The van der Waals surface area contributed by atoms with Crippen LogP contribution in [0.5, 0.6) is 0 Å². The van der Waals surface area contributed by atoms with Crippen LogP contribution >= 0.6 is 0 Å². The second-order valence-corrected chi connectivity index (χ2v) is 17.4. The van der Waals surface area contributed by atoms with Gasteiger partial charge in [0.05, 0.1) is 0 Å². The molecular weight excluding hydrogens is 801 g/mol. The minimum Gasteiger partial charge on any atom is -0.456 e. The first-order valence-corrected chi connectivity index (χ1v) is 22.7. The van der Waals surface area contributed by atoms with Crippen molar-refractivity contribution in [2.24, 2.45) is 0 Å². The number of furan rings is 2. The van der Waals surface area contributed by atoms with Crippen LogP contribution in [-0.4, -0.2) is 0 Å². The summed E-state index contributed by atoms with van der Waals surface area (Å²) in [7, 11) is 0. The molecule has 14 rings (SSSR count). The van der Waals surface area contributed by atoms with Crippen LogP contribution in [0.3, 0.4) is 0 Å². The van der Waals surface area contributed by atoms with Gasteiger partial charge in [-0.15, -0.1) is 0 Å². The fourth-order valence-corrected chi connectivity index (χ4v) is 11.0. The predicted molar refractivity (Wildman–Crippen MR) is 278 cm³/mol. The molecule has 0 bridgehead atoms. The molecular formula is C64H38O2. The van der Waals surface area contributed by atoms with Crippen molar-refractivity contribution in [3.63, 3.8) is 0 Å². The maximum Gasteiger partial charge on any atom is 0.143 e. The molecule has 2 heteroatoms. The van der Waals surface area contributed by atoms with E-state index < -0.39 is 0 Å². The van der Waals surface area contributed by atoms with E-state index in [-0.39, 0.29) is 0 Å². The first-order chi connectivity index (χ1) is 32.7. The summed E-state index contributed by atoms with van der Waals surface area (Å²) in [4.78, 5) is 0. The average molecular weight is 839 g/mol. The molecule has 0 radical (unpaired) electrons. The first kappa shape index (κ1) is 36.7. The highest BCUT2D eigenvalue weighted by Crippen LogP contribution is 2.49. The molecule has 306 valence electrons. The zero-order valence-corrected chi connectivity index (χ0v) is 35.8. The van der Waals surface area contributed by atoms with E-state index in [2.05, 4.69) is 231 Å². The van der Waals surface area contributed by atoms with Gasteiger partial charge in [-0.25, -0.2) is 0 Å². The molecule has 0 spiro atoms. The van der Waals surface area contributed by atoms with Crippen LogP contribution in [0.2, 0.25) is 0 Å². The van der Waals surface area contributed by atoms with Gasteiger partial charge in [0.2, 0.25) is 0 Å². The molecule has 0 atom stereocenters. The molecule has 0 aliphatic rings. The summed E-state index contributed by atoms with van der Waals surface area (Å²) in [5.41, 5.74) is 15.4. The van der Waals surface area contributed by atoms with Crippen LogP contribution < -0.4 is 0 Å². The second kappa shape index (κ2) is 14.4. The highest BCUT2D eigenvalue weighted by molar-refractivity contribution is 6.26. The highest BCUT2D eigenvalue weighted by atomic mass is 16.3. The summed E-state index contributed by atoms with van der Waals surface area (Å²) in [5, 5.41) is 14.1. The summed E-state index contributed by atoms with van der Waals surface area (Å²) < 4.78 is 13.4. The normalized spacial score (nSPS) is 11.9. The Balaban J connectivity index is 0.966. The molecule has 0 N–H and O–H groups in total. The largest absolute Gasteiger partial charge is 0.456 e. The van der Waals surface area contributed by atoms with Crippen molar-refractivity contribution in [3.8, 4) is 55.6 Å². The van der Waals surface area contributed by atoms with Gasteiger partial charge >= 0.3 is 0 Å². The number of para-hydroxylation sites is 1. The lowest BCUT2D eigenvalue weighted by molar-refractivity contribution is 0.669. The fourth-order valence-electron chi connectivity index (χ4n) is 11.0. The predicted octanol–water partition coefficient (Wildman–Crippen LogP) is 18.4. The first-order valence-electron chi connectivity index (χ1n) is 22.7. The number of hydrogen-bond donors (Lipinski definition) is 0. The van der Waals surface area contributed by atoms with Crippen molar-refractivity contribution >= 4 is 87.0 Å². The summed E-state index contributed by atoms with van der Waals surface area (Å²) in [5.74, 6) is 0. The number of fused-ring (bicyclic) bond motifs is 10. The summed E-state index contributed by atoms with van der Waals surface area (Å²) in [6, 6.07) is 83.4. The van der Waals surface area contributed by atoms with Crippen molar-refractivity contribution in [1.82, 2.24) is 0 Å². The Labute approximate surface area is 380 Å². The molecule has 0 unspecified atom stereocenters. The molecule has 0 aliphatic heterocycles. The van der Waals surface area contributed by atoms with Gasteiger partial charge in [-0.3, -0.25) is 0 Å². The molecule has 0 saturated heterocycles. The molecule has 0 fully saturated rings. The number of benzene rings is 12. The Morgan fingerprint density at radius 1 is 0.197 bits per heavy atom. The zero-order chi connectivity index (χ0) is 43.3. The highest BCUT2D eigenvalue weighted by Gasteiger charge is 2.22. The van der Waals surface area contributed by atoms with Crippen LogP contribution in [-0.2, 0) is 0 Å². The molecule has 2 heterocycles. The van der Waals surface area contributed by atoms with E-state index in [1.165, 1.54) is 82.0 Å². The van der Waals surface area contributed by atoms with Gasteiger partial charge < -0.3 is 8.83 Å². The Bertz CT molecular complexity index is 4150. The van der Waals surface area contributed by atoms with E-state index >= 15 is 0 Å². The van der Waals surface area contributed by atoms with E-state index in [9.17, 15) is 0 Å². The molecule has 0 aliphatic carbocycles. The van der Waals surface area contributed by atoms with Gasteiger partial charge in [0.15, 0.2) is 0 Å². The van der Waals surface area contributed by atoms with Gasteiger partial charge in [0.1, 0.15) is 22.3 Å². The Morgan fingerprint density at radius 3 is 1.03 bits per heavy atom. The Kier molecular flexibility index (Phi) is 8.02. The van der Waals surface area contributed by atoms with E-state index in [0.29, 0.717) is 0 Å². The lowest BCUT2D eigenvalue weighted by Crippen LogP contribution is -1.91. The molecule has 14 aromatic rings. The van der Waals surface area contributed by atoms with Gasteiger partial charge in [-0.2, -0.15) is 0 Å². The van der Waals surface area contributed by atoms with Crippen molar-refractivity contribution in [3.05, 3.63) is 231 Å². The minimum atomic E-state index is 0.872. The smallest absolute Gasteiger partial charge is 0.143 e. The second-order valence-electron chi connectivity index (χ2n) is 17.4. The Morgan fingerprint density at radius 2 is 0.545 bits per heavy atom. The van der Waals surface area contributed by atoms with Crippen molar-refractivity contribution in [2.45, 2.75) is 0 Å². The molecule has 2 aromatic heterocycles. The van der Waals surface area contributed by atoms with Crippen molar-refractivity contribution < 1.29 is 8.83 Å². The number of rotatable bonds is 5. The maximum atomic E-state index is 6.98. The third kappa shape index (κ3) is 5.49. The third-order valence-electron chi connectivity index (χ3n) is 13.8. The standard InChI is InChI=1S/C64H38O2/c1-3-16-39(17-4-1)41-30-33-57-55(36-41)56-38-43(31-34-58(56)65-57)62-46-22-9-7-20-44(46)61(45-21-8-10-23-47(45)62)42-32-35-59-54(37-42)52-28-15-29-53(64(52)66-59)63-50-26-13-11-24-48(50)60(40-18-5-2-6-19-40)49-25-12-14-27-51(49)63/h1-38H. The molecule has 0 saturated carbocycles. The van der Waals surface area contributed by atoms with E-state index in [1.807, 2.05) is 0 Å². The van der Waals surface area contributed by atoms with E-state index in [0.717, 1.165) is 60.6 Å². The minimum absolute atomic E-state index is 0.872. The lowest BCUT2D eigenvalue weighted by atomic mass is 9.85. The van der Waals surface area contributed by atoms with Gasteiger partial charge in [0.25, 0.3) is 0 Å². The molecule has 0 amide bonds. The van der Waals surface area contributed by atoms with Gasteiger partial charge in [-0.05, 0) is 124 Å². The summed E-state index contributed by atoms with van der Waals surface area (Å²) in [6.07, 6.45) is 0. The van der Waals surface area contributed by atoms with Crippen LogP contribution in [0.1, 0.15) is 0 Å². The van der Waals surface area contributed by atoms with Gasteiger partial charge in [-0.1, -0.05) is 194 Å². The van der Waals surface area contributed by atoms with Gasteiger partial charge in [0, 0.05) is 32.7 Å². The zero-order valence-electron chi connectivity index (χ0n) is 35.8. The Hall–Kier alpha value is -8.72. The molecule has 66 heavy (non-hydrogen) atoms. The SMILES string of the molecule is c1ccc(-c2ccc3oc4ccc(-c5c6ccccc6c(-c6ccc7oc8c(-c9c%10ccccc%10c(-c%10ccccc%10)c%10ccccc9%10)cccc8c7c6)c6ccccc56)cc4c3c2)cc1. The lowest BCUT2D eigenvalue weighted by Gasteiger charge is -2.18. The summed E-state index contributed by atoms with van der Waals surface area (Å²) >= 11 is 0. The van der Waals surface area contributed by atoms with Crippen LogP contribution in [0.25, 0.3) is 143 Å². The van der Waals surface area contributed by atoms with Crippen LogP contribution in [0.4, 0.5) is 0 Å². The van der Waals surface area contributed by atoms with Crippen LogP contribution in [0.15, 0.2) is 239 Å². The molecule has 12 aromatic carbocycles. The third-order valence-corrected chi connectivity index (χ3v) is 13.8. The van der Waals surface area contributed by atoms with E-state index in [1.54, 1.807) is 0 Å². The summed E-state index contributed by atoms with van der Waals surface area (Å²) in [6.45, 7) is 0. The fraction of sp³-hybridized carbons (Fsp3) is 0. The topological polar surface area (TPSA) is 26.3 Å². The van der Waals surface area contributed by atoms with Crippen LogP contribution in [0, 0.1) is 0 Å². The van der Waals surface area contributed by atoms with E-state index in [4.69, 9.17) is 8.83 Å². The van der Waals surface area contributed by atoms with Crippen molar-refractivity contribution in [1.29, 1.82) is 0 Å². The molecule has 2 nitrogen and oxygen atoms in total. The average Bonchev–Trinajstić information content (AvgIpc) is 3.95. The monoisotopic (exact) mass is 838 g/mol.